The smallest absolute Gasteiger partial charge is 0.204 e. The Labute approximate surface area is 121 Å². The zero-order valence-electron chi connectivity index (χ0n) is 11.7. The molecule has 4 heteroatoms. The van der Waals surface area contributed by atoms with E-state index >= 15 is 0 Å². The number of benzene rings is 2. The van der Waals surface area contributed by atoms with E-state index in [0.29, 0.717) is 22.5 Å². The first-order chi connectivity index (χ1) is 10.1. The van der Waals surface area contributed by atoms with E-state index in [4.69, 9.17) is 9.15 Å². The topological polar surface area (TPSA) is 59.7 Å². The van der Waals surface area contributed by atoms with Gasteiger partial charge in [0.2, 0.25) is 5.43 Å². The normalized spacial score (nSPS) is 10.8. The van der Waals surface area contributed by atoms with Gasteiger partial charge in [0, 0.05) is 0 Å². The van der Waals surface area contributed by atoms with E-state index in [2.05, 4.69) is 0 Å². The summed E-state index contributed by atoms with van der Waals surface area (Å²) in [5.74, 6) is 0.650. The highest BCUT2D eigenvalue weighted by Gasteiger charge is 2.13. The van der Waals surface area contributed by atoms with Gasteiger partial charge in [0.1, 0.15) is 28.7 Å². The average molecular weight is 282 g/mol. The van der Waals surface area contributed by atoms with Crippen molar-refractivity contribution in [3.05, 3.63) is 58.4 Å². The predicted octanol–water partition coefficient (Wildman–Crippen LogP) is 3.48. The van der Waals surface area contributed by atoms with Crippen LogP contribution in [-0.2, 0) is 0 Å². The van der Waals surface area contributed by atoms with E-state index in [-0.39, 0.29) is 16.6 Å². The first-order valence-electron chi connectivity index (χ1n) is 6.49. The minimum absolute atomic E-state index is 0.0610. The van der Waals surface area contributed by atoms with Crippen LogP contribution in [0.1, 0.15) is 5.56 Å². The Kier molecular flexibility index (Phi) is 3.14. The number of fused-ring (bicyclic) bond motifs is 1. The number of aryl methyl sites for hydroxylation is 1. The lowest BCUT2D eigenvalue weighted by atomic mass is 10.0. The summed E-state index contributed by atoms with van der Waals surface area (Å²) in [4.78, 5) is 12.6. The molecule has 0 spiro atoms. The first kappa shape index (κ1) is 13.2. The van der Waals surface area contributed by atoms with E-state index in [1.54, 1.807) is 43.5 Å². The highest BCUT2D eigenvalue weighted by molar-refractivity contribution is 5.87. The summed E-state index contributed by atoms with van der Waals surface area (Å²) in [6, 6.07) is 10.4. The molecule has 0 amide bonds. The molecular weight excluding hydrogens is 268 g/mol. The van der Waals surface area contributed by atoms with Crippen LogP contribution in [0.25, 0.3) is 22.1 Å². The Morgan fingerprint density at radius 1 is 1.14 bits per heavy atom. The molecule has 0 fully saturated rings. The van der Waals surface area contributed by atoms with Crippen molar-refractivity contribution in [2.45, 2.75) is 6.92 Å². The van der Waals surface area contributed by atoms with Crippen molar-refractivity contribution in [1.82, 2.24) is 0 Å². The Hall–Kier alpha value is -2.75. The third kappa shape index (κ3) is 2.25. The zero-order chi connectivity index (χ0) is 15.0. The fourth-order valence-corrected chi connectivity index (χ4v) is 2.34. The van der Waals surface area contributed by atoms with Crippen LogP contribution in [-0.4, -0.2) is 12.2 Å². The maximum atomic E-state index is 12.6. The molecule has 4 nitrogen and oxygen atoms in total. The summed E-state index contributed by atoms with van der Waals surface area (Å²) >= 11 is 0. The average Bonchev–Trinajstić information content (AvgIpc) is 2.47. The first-order valence-corrected chi connectivity index (χ1v) is 6.49. The molecule has 0 saturated heterocycles. The lowest BCUT2D eigenvalue weighted by Crippen LogP contribution is -2.05. The van der Waals surface area contributed by atoms with E-state index in [1.807, 2.05) is 6.92 Å². The van der Waals surface area contributed by atoms with Gasteiger partial charge in [-0.3, -0.25) is 4.79 Å². The van der Waals surface area contributed by atoms with Gasteiger partial charge in [0.15, 0.2) is 0 Å². The van der Waals surface area contributed by atoms with E-state index < -0.39 is 0 Å². The fourth-order valence-electron chi connectivity index (χ4n) is 2.34. The van der Waals surface area contributed by atoms with Crippen LogP contribution < -0.4 is 10.2 Å². The molecule has 0 aliphatic carbocycles. The maximum absolute atomic E-state index is 12.6. The number of ether oxygens (including phenoxy) is 1. The van der Waals surface area contributed by atoms with E-state index in [9.17, 15) is 9.90 Å². The lowest BCUT2D eigenvalue weighted by Gasteiger charge is -2.06. The largest absolute Gasteiger partial charge is 0.507 e. The zero-order valence-corrected chi connectivity index (χ0v) is 11.7. The maximum Gasteiger partial charge on any atom is 0.204 e. The van der Waals surface area contributed by atoms with Crippen LogP contribution in [0, 0.1) is 6.92 Å². The van der Waals surface area contributed by atoms with Gasteiger partial charge >= 0.3 is 0 Å². The second-order valence-corrected chi connectivity index (χ2v) is 4.86. The van der Waals surface area contributed by atoms with Gasteiger partial charge < -0.3 is 14.3 Å². The Morgan fingerprint density at radius 2 is 1.86 bits per heavy atom. The van der Waals surface area contributed by atoms with Gasteiger partial charge in [-0.05, 0) is 42.3 Å². The summed E-state index contributed by atoms with van der Waals surface area (Å²) in [6.45, 7) is 1.83. The molecule has 3 rings (SSSR count). The summed E-state index contributed by atoms with van der Waals surface area (Å²) in [5.41, 5.74) is 2.09. The summed E-state index contributed by atoms with van der Waals surface area (Å²) < 4.78 is 10.6. The minimum Gasteiger partial charge on any atom is -0.507 e. The molecule has 1 aromatic heterocycles. The molecule has 3 aromatic rings. The molecule has 106 valence electrons. The summed E-state index contributed by atoms with van der Waals surface area (Å²) in [7, 11) is 1.58. The number of phenolic OH excluding ortho intramolecular Hbond substituents is 1. The lowest BCUT2D eigenvalue weighted by molar-refractivity contribution is 0.415. The van der Waals surface area contributed by atoms with E-state index in [1.165, 1.54) is 6.26 Å². The number of rotatable bonds is 2. The number of methoxy groups -OCH3 is 1. The SMILES string of the molecule is COc1ccc(-c2coc3cc(C)cc(O)c3c2=O)cc1. The van der Waals surface area contributed by atoms with Gasteiger partial charge in [-0.15, -0.1) is 0 Å². The molecule has 1 N–H and O–H groups in total. The van der Waals surface area contributed by atoms with Gasteiger partial charge in [0.25, 0.3) is 0 Å². The van der Waals surface area contributed by atoms with Crippen molar-refractivity contribution < 1.29 is 14.3 Å². The fraction of sp³-hybridized carbons (Fsp3) is 0.118. The molecule has 2 aromatic carbocycles. The number of phenols is 1. The second kappa shape index (κ2) is 4.98. The van der Waals surface area contributed by atoms with Gasteiger partial charge in [-0.1, -0.05) is 12.1 Å². The highest BCUT2D eigenvalue weighted by Crippen LogP contribution is 2.27. The molecular formula is C17H14O4. The molecule has 1 heterocycles. The van der Waals surface area contributed by atoms with Gasteiger partial charge in [-0.2, -0.15) is 0 Å². The molecule has 0 radical (unpaired) electrons. The van der Waals surface area contributed by atoms with Crippen LogP contribution >= 0.6 is 0 Å². The Balaban J connectivity index is 2.24. The molecule has 0 bridgehead atoms. The molecule has 21 heavy (non-hydrogen) atoms. The highest BCUT2D eigenvalue weighted by atomic mass is 16.5. The van der Waals surface area contributed by atoms with E-state index in [0.717, 1.165) is 5.56 Å². The van der Waals surface area contributed by atoms with Crippen molar-refractivity contribution in [1.29, 1.82) is 0 Å². The van der Waals surface area contributed by atoms with Crippen molar-refractivity contribution in [2.75, 3.05) is 7.11 Å². The molecule has 0 unspecified atom stereocenters. The van der Waals surface area contributed by atoms with Crippen molar-refractivity contribution in [2.24, 2.45) is 0 Å². The Bertz CT molecular complexity index is 860. The predicted molar refractivity (Wildman–Crippen MR) is 80.9 cm³/mol. The number of aromatic hydroxyl groups is 1. The van der Waals surface area contributed by atoms with Gasteiger partial charge in [0.05, 0.1) is 12.7 Å². The van der Waals surface area contributed by atoms with Crippen molar-refractivity contribution in [3.63, 3.8) is 0 Å². The molecule has 0 aliphatic heterocycles. The van der Waals surface area contributed by atoms with Crippen LogP contribution in [0.3, 0.4) is 0 Å². The minimum atomic E-state index is -0.251. The molecule has 0 aliphatic rings. The second-order valence-electron chi connectivity index (χ2n) is 4.86. The van der Waals surface area contributed by atoms with Crippen molar-refractivity contribution >= 4 is 11.0 Å². The van der Waals surface area contributed by atoms with Crippen LogP contribution in [0.2, 0.25) is 0 Å². The third-order valence-electron chi connectivity index (χ3n) is 3.40. The van der Waals surface area contributed by atoms with Crippen LogP contribution in [0.15, 0.2) is 51.9 Å². The molecule has 0 atom stereocenters. The van der Waals surface area contributed by atoms with Crippen LogP contribution in [0.4, 0.5) is 0 Å². The monoisotopic (exact) mass is 282 g/mol. The standard InChI is InChI=1S/C17H14O4/c1-10-7-14(18)16-15(8-10)21-9-13(17(16)19)11-3-5-12(20-2)6-4-11/h3-9,18H,1-2H3. The molecule has 0 saturated carbocycles. The Morgan fingerprint density at radius 3 is 2.52 bits per heavy atom. The summed E-state index contributed by atoms with van der Waals surface area (Å²) in [6.07, 6.45) is 1.42. The summed E-state index contributed by atoms with van der Waals surface area (Å²) in [5, 5.41) is 10.2. The third-order valence-corrected chi connectivity index (χ3v) is 3.40. The number of hydrogen-bond acceptors (Lipinski definition) is 4. The quantitative estimate of drug-likeness (QED) is 0.781. The number of hydrogen-bond donors (Lipinski definition) is 1. The van der Waals surface area contributed by atoms with Crippen molar-refractivity contribution in [3.8, 4) is 22.6 Å². The van der Waals surface area contributed by atoms with Crippen LogP contribution in [0.5, 0.6) is 11.5 Å². The van der Waals surface area contributed by atoms with Gasteiger partial charge in [-0.25, -0.2) is 0 Å².